The minimum atomic E-state index is -0.173. The van der Waals surface area contributed by atoms with E-state index in [2.05, 4.69) is 230 Å². The lowest BCUT2D eigenvalue weighted by Crippen LogP contribution is -2.61. The van der Waals surface area contributed by atoms with Gasteiger partial charge in [-0.3, -0.25) is 0 Å². The van der Waals surface area contributed by atoms with Crippen molar-refractivity contribution >= 4 is 121 Å². The van der Waals surface area contributed by atoms with Gasteiger partial charge in [0, 0.05) is 63.8 Å². The van der Waals surface area contributed by atoms with Gasteiger partial charge in [-0.2, -0.15) is 0 Å². The molecule has 11 aromatic rings. The summed E-state index contributed by atoms with van der Waals surface area (Å²) in [6, 6.07) is 56.4. The van der Waals surface area contributed by atoms with Crippen molar-refractivity contribution in [2.75, 3.05) is 9.71 Å². The van der Waals surface area contributed by atoms with Crippen LogP contribution < -0.4 is 20.6 Å². The summed E-state index contributed by atoms with van der Waals surface area (Å²) in [5.74, 6) is 0. The van der Waals surface area contributed by atoms with Gasteiger partial charge in [0.15, 0.2) is 5.58 Å². The SMILES string of the molecule is CC(C)(C)c1ccc(N2B3c4cc5sccc5cc4N(c4ccc(C(C)(C)C)cc4-c4ccccc4)c4c3c(cc3c4oc4ccccc43)-c3cc4c(cc32)sc2cc3c(cc24)C(C)(C)CCC3(C)C)cc1. The second-order valence-corrected chi connectivity index (χ2v) is 26.4. The largest absolute Gasteiger partial charge is 0.454 e. The summed E-state index contributed by atoms with van der Waals surface area (Å²) in [7, 11) is 0. The summed E-state index contributed by atoms with van der Waals surface area (Å²) < 4.78 is 11.3. The van der Waals surface area contributed by atoms with Crippen molar-refractivity contribution in [3.05, 3.63) is 173 Å². The van der Waals surface area contributed by atoms with Crippen molar-refractivity contribution in [1.29, 1.82) is 0 Å². The van der Waals surface area contributed by atoms with E-state index in [1.54, 1.807) is 0 Å². The molecule has 0 amide bonds. The summed E-state index contributed by atoms with van der Waals surface area (Å²) in [5, 5.41) is 8.47. The normalized spacial score (nSPS) is 15.9. The molecular weight excluding hydrogens is 912 g/mol. The Kier molecular flexibility index (Phi) is 9.19. The number of thiophene rings is 2. The third kappa shape index (κ3) is 6.40. The smallest absolute Gasteiger partial charge is 0.333 e. The molecule has 0 unspecified atom stereocenters. The van der Waals surface area contributed by atoms with Crippen LogP contribution in [0.2, 0.25) is 0 Å². The highest BCUT2D eigenvalue weighted by molar-refractivity contribution is 7.26. The molecule has 3 aliphatic rings. The van der Waals surface area contributed by atoms with Crippen molar-refractivity contribution in [1.82, 2.24) is 0 Å². The number of furan rings is 1. The lowest BCUT2D eigenvalue weighted by atomic mass is 9.43. The summed E-state index contributed by atoms with van der Waals surface area (Å²) in [4.78, 5) is 5.29. The zero-order valence-electron chi connectivity index (χ0n) is 43.0. The molecular formula is C66H59BN2OS2. The molecule has 72 heavy (non-hydrogen) atoms. The van der Waals surface area contributed by atoms with Crippen LogP contribution in [0.15, 0.2) is 155 Å². The quantitative estimate of drug-likeness (QED) is 0.165. The monoisotopic (exact) mass is 970 g/mol. The van der Waals surface area contributed by atoms with Crippen LogP contribution >= 0.6 is 22.7 Å². The molecule has 0 N–H and O–H groups in total. The van der Waals surface area contributed by atoms with Crippen LogP contribution in [-0.2, 0) is 21.7 Å². The Labute approximate surface area is 431 Å². The molecule has 0 fully saturated rings. The van der Waals surface area contributed by atoms with Gasteiger partial charge in [0.25, 0.3) is 0 Å². The number of fused-ring (bicyclic) bond motifs is 13. The molecule has 2 aliphatic heterocycles. The average Bonchev–Trinajstić information content (AvgIpc) is 4.08. The molecule has 0 bridgehead atoms. The van der Waals surface area contributed by atoms with Crippen molar-refractivity contribution < 1.29 is 4.42 Å². The van der Waals surface area contributed by atoms with E-state index in [-0.39, 0.29) is 28.5 Å². The fraction of sp³-hybridized carbons (Fsp3) is 0.242. The Morgan fingerprint density at radius 3 is 1.96 bits per heavy atom. The number of hydrogen-bond acceptors (Lipinski definition) is 5. The number of nitrogens with zero attached hydrogens (tertiary/aromatic N) is 2. The molecule has 8 aromatic carbocycles. The van der Waals surface area contributed by atoms with E-state index in [1.807, 2.05) is 22.7 Å². The number of anilines is 5. The number of para-hydroxylation sites is 1. The molecule has 1 aliphatic carbocycles. The van der Waals surface area contributed by atoms with Crippen LogP contribution in [0.1, 0.15) is 104 Å². The molecule has 0 spiro atoms. The molecule has 6 heteroatoms. The van der Waals surface area contributed by atoms with Crippen LogP contribution in [0.5, 0.6) is 0 Å². The highest BCUT2D eigenvalue weighted by Crippen LogP contribution is 2.56. The molecule has 3 aromatic heterocycles. The van der Waals surface area contributed by atoms with Crippen molar-refractivity contribution in [2.24, 2.45) is 0 Å². The molecule has 0 saturated heterocycles. The van der Waals surface area contributed by atoms with Crippen LogP contribution in [0.25, 0.3) is 74.5 Å². The van der Waals surface area contributed by atoms with Gasteiger partial charge in [-0.05, 0) is 168 Å². The second kappa shape index (κ2) is 15.0. The Morgan fingerprint density at radius 1 is 0.542 bits per heavy atom. The minimum absolute atomic E-state index is 0.0122. The Hall–Kier alpha value is -6.60. The maximum atomic E-state index is 7.32. The van der Waals surface area contributed by atoms with Crippen molar-refractivity contribution in [3.63, 3.8) is 0 Å². The molecule has 354 valence electrons. The van der Waals surface area contributed by atoms with Gasteiger partial charge in [0.1, 0.15) is 5.58 Å². The number of hydrogen-bond donors (Lipinski definition) is 0. The highest BCUT2D eigenvalue weighted by Gasteiger charge is 2.48. The average molecular weight is 971 g/mol. The van der Waals surface area contributed by atoms with Gasteiger partial charge in [-0.25, -0.2) is 0 Å². The van der Waals surface area contributed by atoms with E-state index in [0.29, 0.717) is 0 Å². The van der Waals surface area contributed by atoms with Crippen LogP contribution in [0.4, 0.5) is 28.4 Å². The zero-order chi connectivity index (χ0) is 49.4. The third-order valence-electron chi connectivity index (χ3n) is 16.9. The van der Waals surface area contributed by atoms with Gasteiger partial charge < -0.3 is 14.1 Å². The van der Waals surface area contributed by atoms with E-state index < -0.39 is 0 Å². The van der Waals surface area contributed by atoms with Gasteiger partial charge >= 0.3 is 6.85 Å². The Morgan fingerprint density at radius 2 is 1.21 bits per heavy atom. The van der Waals surface area contributed by atoms with Gasteiger partial charge in [-0.15, -0.1) is 22.7 Å². The van der Waals surface area contributed by atoms with Gasteiger partial charge in [0.2, 0.25) is 0 Å². The Bertz CT molecular complexity index is 4080. The molecule has 0 saturated carbocycles. The van der Waals surface area contributed by atoms with E-state index in [4.69, 9.17) is 4.42 Å². The summed E-state index contributed by atoms with van der Waals surface area (Å²) in [5.41, 5.74) is 21.0. The fourth-order valence-electron chi connectivity index (χ4n) is 12.7. The third-order valence-corrected chi connectivity index (χ3v) is 18.9. The maximum Gasteiger partial charge on any atom is 0.333 e. The summed E-state index contributed by atoms with van der Waals surface area (Å²) >= 11 is 3.80. The van der Waals surface area contributed by atoms with Crippen molar-refractivity contribution in [3.8, 4) is 22.3 Å². The second-order valence-electron chi connectivity index (χ2n) is 24.4. The highest BCUT2D eigenvalue weighted by atomic mass is 32.1. The first-order valence-electron chi connectivity index (χ1n) is 25.9. The van der Waals surface area contributed by atoms with Gasteiger partial charge in [-0.1, -0.05) is 136 Å². The maximum absolute atomic E-state index is 7.32. The molecule has 0 radical (unpaired) electrons. The predicted molar refractivity (Wildman–Crippen MR) is 314 cm³/mol. The van der Waals surface area contributed by atoms with E-state index in [0.717, 1.165) is 33.3 Å². The first kappa shape index (κ1) is 44.1. The first-order chi connectivity index (χ1) is 34.4. The topological polar surface area (TPSA) is 19.6 Å². The summed E-state index contributed by atoms with van der Waals surface area (Å²) in [6.45, 7) is 23.5. The number of rotatable bonds is 3. The molecule has 3 nitrogen and oxygen atoms in total. The zero-order valence-corrected chi connectivity index (χ0v) is 44.7. The Balaban J connectivity index is 1.15. The lowest BCUT2D eigenvalue weighted by molar-refractivity contribution is 0.332. The predicted octanol–water partition coefficient (Wildman–Crippen LogP) is 18.5. The summed E-state index contributed by atoms with van der Waals surface area (Å²) in [6.07, 6.45) is 2.38. The van der Waals surface area contributed by atoms with Crippen molar-refractivity contribution in [2.45, 2.75) is 104 Å². The minimum Gasteiger partial charge on any atom is -0.454 e. The standard InChI is InChI=1S/C66H59BN2OS2/c1-63(2,3)40-20-23-42(24-21-40)69-54-37-59-46(47-34-50-51(35-58(47)72-59)66(9,10)28-27-65(50,7)8)32-45(54)48-33-49-43-18-14-15-19-56(43)70-62(49)61-60(48)67(69)52-36-57-39(26-29-71-57)30-55(52)68(61)53-25-22-41(64(4,5)6)31-44(53)38-16-12-11-13-17-38/h11-26,29-37H,27-28H2,1-10H3. The van der Waals surface area contributed by atoms with E-state index >= 15 is 0 Å². The molecule has 5 heterocycles. The molecule has 14 rings (SSSR count). The lowest BCUT2D eigenvalue weighted by Gasteiger charge is -2.46. The van der Waals surface area contributed by atoms with E-state index in [9.17, 15) is 0 Å². The first-order valence-corrected chi connectivity index (χ1v) is 27.6. The van der Waals surface area contributed by atoms with Crippen LogP contribution in [0.3, 0.4) is 0 Å². The fourth-order valence-corrected chi connectivity index (χ4v) is 14.6. The molecule has 0 atom stereocenters. The van der Waals surface area contributed by atoms with Crippen LogP contribution in [0, 0.1) is 0 Å². The number of benzene rings is 8. The van der Waals surface area contributed by atoms with E-state index in [1.165, 1.54) is 116 Å². The van der Waals surface area contributed by atoms with Gasteiger partial charge in [0.05, 0.1) is 11.4 Å². The van der Waals surface area contributed by atoms with Crippen LogP contribution in [-0.4, -0.2) is 6.85 Å².